The molecule has 3 rings (SSSR count). The van der Waals surface area contributed by atoms with Gasteiger partial charge in [0.25, 0.3) is 11.8 Å². The minimum absolute atomic E-state index is 0.109. The molecule has 1 fully saturated rings. The molecule has 0 radical (unpaired) electrons. The van der Waals surface area contributed by atoms with Gasteiger partial charge in [-0.1, -0.05) is 30.3 Å². The van der Waals surface area contributed by atoms with Crippen molar-refractivity contribution in [2.45, 2.75) is 25.9 Å². The van der Waals surface area contributed by atoms with E-state index in [-0.39, 0.29) is 17.4 Å². The quantitative estimate of drug-likeness (QED) is 0.835. The van der Waals surface area contributed by atoms with Crippen molar-refractivity contribution in [3.05, 3.63) is 47.2 Å². The van der Waals surface area contributed by atoms with Crippen LogP contribution >= 0.6 is 0 Å². The highest BCUT2D eigenvalue weighted by atomic mass is 16.5. The lowest BCUT2D eigenvalue weighted by molar-refractivity contribution is -0.136. The second kappa shape index (κ2) is 6.28. The third-order valence-corrected chi connectivity index (χ3v) is 4.76. The van der Waals surface area contributed by atoms with Gasteiger partial charge < -0.3 is 20.3 Å². The third-order valence-electron chi connectivity index (χ3n) is 4.76. The number of nitrogens with two attached hydrogens (primary N) is 1. The van der Waals surface area contributed by atoms with Crippen molar-refractivity contribution in [2.75, 3.05) is 26.3 Å². The Morgan fingerprint density at radius 1 is 1.21 bits per heavy atom. The molecule has 0 aliphatic carbocycles. The van der Waals surface area contributed by atoms with Crippen molar-refractivity contribution in [3.8, 4) is 0 Å². The van der Waals surface area contributed by atoms with Gasteiger partial charge >= 0.3 is 0 Å². The summed E-state index contributed by atoms with van der Waals surface area (Å²) in [5.74, 6) is -0.581. The van der Waals surface area contributed by atoms with E-state index in [1.165, 1.54) is 0 Å². The third kappa shape index (κ3) is 2.78. The lowest BCUT2D eigenvalue weighted by Crippen LogP contribution is -2.45. The number of ether oxygens (including phenoxy) is 1. The van der Waals surface area contributed by atoms with Gasteiger partial charge in [0.2, 0.25) is 0 Å². The van der Waals surface area contributed by atoms with E-state index in [0.29, 0.717) is 38.5 Å². The highest BCUT2D eigenvalue weighted by Gasteiger charge is 2.47. The van der Waals surface area contributed by atoms with Crippen LogP contribution in [0, 0.1) is 0 Å². The lowest BCUT2D eigenvalue weighted by Gasteiger charge is -2.33. The molecular formula is C18H23N3O3. The molecule has 6 heteroatoms. The maximum atomic E-state index is 12.9. The molecule has 1 saturated heterocycles. The standard InChI is InChI=1S/C18H23N3O3/c1-18(2)15(19)14(16(22)20-8-10-24-11-9-20)17(23)21(18)12-13-6-4-3-5-7-13/h3-7H,8-12,19H2,1-2H3. The first-order valence-electron chi connectivity index (χ1n) is 8.16. The van der Waals surface area contributed by atoms with Crippen molar-refractivity contribution in [2.24, 2.45) is 5.73 Å². The fourth-order valence-corrected chi connectivity index (χ4v) is 3.12. The molecule has 2 aliphatic heterocycles. The molecule has 2 aliphatic rings. The van der Waals surface area contributed by atoms with Crippen LogP contribution in [-0.2, 0) is 20.9 Å². The van der Waals surface area contributed by atoms with Crippen LogP contribution in [0.1, 0.15) is 19.4 Å². The van der Waals surface area contributed by atoms with Crippen molar-refractivity contribution in [3.63, 3.8) is 0 Å². The van der Waals surface area contributed by atoms with Crippen molar-refractivity contribution < 1.29 is 14.3 Å². The van der Waals surface area contributed by atoms with Gasteiger partial charge in [0.15, 0.2) is 0 Å². The summed E-state index contributed by atoms with van der Waals surface area (Å²) < 4.78 is 5.27. The second-order valence-electron chi connectivity index (χ2n) is 6.63. The fraction of sp³-hybridized carbons (Fsp3) is 0.444. The van der Waals surface area contributed by atoms with E-state index in [4.69, 9.17) is 10.5 Å². The summed E-state index contributed by atoms with van der Waals surface area (Å²) in [6, 6.07) is 9.71. The average molecular weight is 329 g/mol. The number of morpholine rings is 1. The van der Waals surface area contributed by atoms with E-state index >= 15 is 0 Å². The molecule has 1 aromatic carbocycles. The predicted octanol–water partition coefficient (Wildman–Crippen LogP) is 0.879. The number of benzene rings is 1. The summed E-state index contributed by atoms with van der Waals surface area (Å²) in [4.78, 5) is 29.0. The molecule has 0 aromatic heterocycles. The van der Waals surface area contributed by atoms with Gasteiger partial charge in [0, 0.05) is 19.6 Å². The minimum atomic E-state index is -0.690. The zero-order valence-corrected chi connectivity index (χ0v) is 14.1. The van der Waals surface area contributed by atoms with Crippen LogP contribution in [0.15, 0.2) is 41.6 Å². The molecule has 0 saturated carbocycles. The summed E-state index contributed by atoms with van der Waals surface area (Å²) in [5.41, 5.74) is 7.01. The first-order valence-corrected chi connectivity index (χ1v) is 8.16. The fourth-order valence-electron chi connectivity index (χ4n) is 3.12. The van der Waals surface area contributed by atoms with Gasteiger partial charge in [0.05, 0.1) is 24.4 Å². The van der Waals surface area contributed by atoms with Crippen molar-refractivity contribution in [1.82, 2.24) is 9.80 Å². The molecule has 1 aromatic rings. The van der Waals surface area contributed by atoms with E-state index in [1.807, 2.05) is 44.2 Å². The Labute approximate surface area is 141 Å². The number of nitrogens with zero attached hydrogens (tertiary/aromatic N) is 2. The highest BCUT2D eigenvalue weighted by molar-refractivity contribution is 6.21. The molecular weight excluding hydrogens is 306 g/mol. The largest absolute Gasteiger partial charge is 0.399 e. The molecule has 2 heterocycles. The summed E-state index contributed by atoms with van der Waals surface area (Å²) >= 11 is 0. The van der Waals surface area contributed by atoms with Crippen LogP contribution < -0.4 is 5.73 Å². The predicted molar refractivity (Wildman–Crippen MR) is 89.7 cm³/mol. The zero-order chi connectivity index (χ0) is 17.3. The number of rotatable bonds is 3. The Morgan fingerprint density at radius 2 is 1.83 bits per heavy atom. The van der Waals surface area contributed by atoms with E-state index < -0.39 is 5.54 Å². The van der Waals surface area contributed by atoms with E-state index in [9.17, 15) is 9.59 Å². The smallest absolute Gasteiger partial charge is 0.262 e. The van der Waals surface area contributed by atoms with Gasteiger partial charge in [0.1, 0.15) is 5.57 Å². The Kier molecular flexibility index (Phi) is 4.32. The monoisotopic (exact) mass is 329 g/mol. The minimum Gasteiger partial charge on any atom is -0.399 e. The van der Waals surface area contributed by atoms with Crippen LogP contribution in [0.2, 0.25) is 0 Å². The Morgan fingerprint density at radius 3 is 2.46 bits per heavy atom. The number of carbonyl (C=O) groups excluding carboxylic acids is 2. The topological polar surface area (TPSA) is 75.9 Å². The molecule has 6 nitrogen and oxygen atoms in total. The SMILES string of the molecule is CC1(C)C(N)=C(C(=O)N2CCOCC2)C(=O)N1Cc1ccccc1. The van der Waals surface area contributed by atoms with Gasteiger partial charge in [-0.3, -0.25) is 9.59 Å². The summed E-state index contributed by atoms with van der Waals surface area (Å²) in [5, 5.41) is 0. The second-order valence-corrected chi connectivity index (χ2v) is 6.63. The normalized spacial score (nSPS) is 20.7. The van der Waals surface area contributed by atoms with Crippen molar-refractivity contribution in [1.29, 1.82) is 0 Å². The first-order chi connectivity index (χ1) is 11.4. The molecule has 2 N–H and O–H groups in total. The molecule has 0 bridgehead atoms. The molecule has 0 atom stereocenters. The number of amides is 2. The molecule has 128 valence electrons. The van der Waals surface area contributed by atoms with E-state index in [2.05, 4.69) is 0 Å². The Hall–Kier alpha value is -2.34. The average Bonchev–Trinajstić information content (AvgIpc) is 2.76. The summed E-state index contributed by atoms with van der Waals surface area (Å²) in [6.45, 7) is 6.14. The number of hydrogen-bond donors (Lipinski definition) is 1. The Bertz CT molecular complexity index is 676. The number of carbonyl (C=O) groups is 2. The van der Waals surface area contributed by atoms with Crippen molar-refractivity contribution >= 4 is 11.8 Å². The summed E-state index contributed by atoms with van der Waals surface area (Å²) in [7, 11) is 0. The first kappa shape index (κ1) is 16.5. The van der Waals surface area contributed by atoms with Crippen LogP contribution in [0.3, 0.4) is 0 Å². The van der Waals surface area contributed by atoms with E-state index in [0.717, 1.165) is 5.56 Å². The zero-order valence-electron chi connectivity index (χ0n) is 14.1. The maximum absolute atomic E-state index is 12.9. The van der Waals surface area contributed by atoms with Crippen LogP contribution in [-0.4, -0.2) is 53.5 Å². The lowest BCUT2D eigenvalue weighted by atomic mass is 9.99. The Balaban J connectivity index is 1.86. The van der Waals surface area contributed by atoms with Crippen LogP contribution in [0.5, 0.6) is 0 Å². The van der Waals surface area contributed by atoms with Gasteiger partial charge in [-0.15, -0.1) is 0 Å². The molecule has 24 heavy (non-hydrogen) atoms. The van der Waals surface area contributed by atoms with Gasteiger partial charge in [-0.25, -0.2) is 0 Å². The van der Waals surface area contributed by atoms with Gasteiger partial charge in [-0.2, -0.15) is 0 Å². The van der Waals surface area contributed by atoms with Crippen LogP contribution in [0.25, 0.3) is 0 Å². The van der Waals surface area contributed by atoms with Gasteiger partial charge in [-0.05, 0) is 19.4 Å². The van der Waals surface area contributed by atoms with E-state index in [1.54, 1.807) is 9.80 Å². The molecule has 2 amide bonds. The maximum Gasteiger partial charge on any atom is 0.262 e. The highest BCUT2D eigenvalue weighted by Crippen LogP contribution is 2.34. The van der Waals surface area contributed by atoms with Crippen LogP contribution in [0.4, 0.5) is 0 Å². The number of hydrogen-bond acceptors (Lipinski definition) is 4. The molecule has 0 unspecified atom stereocenters. The summed E-state index contributed by atoms with van der Waals surface area (Å²) in [6.07, 6.45) is 0. The molecule has 0 spiro atoms.